The van der Waals surface area contributed by atoms with E-state index in [-0.39, 0.29) is 11.7 Å². The van der Waals surface area contributed by atoms with Crippen molar-refractivity contribution in [3.63, 3.8) is 0 Å². The van der Waals surface area contributed by atoms with Crippen LogP contribution in [0.1, 0.15) is 41.5 Å². The summed E-state index contributed by atoms with van der Waals surface area (Å²) in [5, 5.41) is 3.05. The molecular weight excluding hydrogens is 377 g/mol. The smallest absolute Gasteiger partial charge is 0.230 e. The van der Waals surface area contributed by atoms with Crippen LogP contribution in [0.25, 0.3) is 0 Å². The van der Waals surface area contributed by atoms with E-state index in [1.165, 1.54) is 12.1 Å². The average molecular weight is 403 g/mol. The number of amides is 1. The Labute approximate surface area is 176 Å². The van der Waals surface area contributed by atoms with E-state index in [1.54, 1.807) is 6.07 Å². The highest BCUT2D eigenvalue weighted by atomic mass is 19.1. The summed E-state index contributed by atoms with van der Waals surface area (Å²) in [5.41, 5.74) is 3.46. The molecule has 0 bridgehead atoms. The van der Waals surface area contributed by atoms with Gasteiger partial charge >= 0.3 is 0 Å². The number of nitrogens with one attached hydrogen (secondary N) is 1. The molecule has 4 rings (SSSR count). The number of ether oxygens (including phenoxy) is 1. The Morgan fingerprint density at radius 2 is 1.53 bits per heavy atom. The molecule has 0 radical (unpaired) electrons. The molecule has 0 atom stereocenters. The van der Waals surface area contributed by atoms with Crippen LogP contribution >= 0.6 is 0 Å². The lowest BCUT2D eigenvalue weighted by Gasteiger charge is -2.40. The van der Waals surface area contributed by atoms with Gasteiger partial charge in [-0.2, -0.15) is 0 Å². The molecule has 0 aliphatic heterocycles. The summed E-state index contributed by atoms with van der Waals surface area (Å²) in [5.74, 6) is -0.314. The van der Waals surface area contributed by atoms with E-state index >= 15 is 0 Å². The van der Waals surface area contributed by atoms with Gasteiger partial charge in [0.25, 0.3) is 0 Å². The van der Waals surface area contributed by atoms with Crippen molar-refractivity contribution in [1.82, 2.24) is 5.32 Å². The van der Waals surface area contributed by atoms with Gasteiger partial charge in [-0.3, -0.25) is 4.79 Å². The molecule has 3 nitrogen and oxygen atoms in total. The topological polar surface area (TPSA) is 38.3 Å². The van der Waals surface area contributed by atoms with Crippen molar-refractivity contribution in [3.8, 4) is 0 Å². The SMILES string of the molecule is O=C(NCc1ccc(COCc2ccccc2)cc1)C1(c2cccc(F)c2)CCC1. The van der Waals surface area contributed by atoms with Gasteiger partial charge in [-0.25, -0.2) is 4.39 Å². The molecular formula is C26H26FNO2. The molecule has 0 unspecified atom stereocenters. The largest absolute Gasteiger partial charge is 0.372 e. The highest BCUT2D eigenvalue weighted by molar-refractivity contribution is 5.89. The first-order valence-corrected chi connectivity index (χ1v) is 10.4. The summed E-state index contributed by atoms with van der Waals surface area (Å²) in [6.45, 7) is 1.59. The van der Waals surface area contributed by atoms with Crippen LogP contribution in [0.15, 0.2) is 78.9 Å². The van der Waals surface area contributed by atoms with Crippen LogP contribution < -0.4 is 5.32 Å². The van der Waals surface area contributed by atoms with Crippen molar-refractivity contribution in [2.24, 2.45) is 0 Å². The fourth-order valence-corrected chi connectivity index (χ4v) is 3.93. The lowest BCUT2D eigenvalue weighted by Crippen LogP contribution is -2.49. The molecule has 3 aromatic rings. The number of hydrogen-bond donors (Lipinski definition) is 1. The summed E-state index contributed by atoms with van der Waals surface area (Å²) in [6, 6.07) is 24.6. The summed E-state index contributed by atoms with van der Waals surface area (Å²) in [4.78, 5) is 12.9. The van der Waals surface area contributed by atoms with Gasteiger partial charge in [0.05, 0.1) is 18.6 Å². The first-order chi connectivity index (χ1) is 14.7. The number of carbonyl (C=O) groups excluding carboxylic acids is 1. The Morgan fingerprint density at radius 1 is 0.867 bits per heavy atom. The Balaban J connectivity index is 1.30. The monoisotopic (exact) mass is 403 g/mol. The van der Waals surface area contributed by atoms with E-state index < -0.39 is 5.41 Å². The summed E-state index contributed by atoms with van der Waals surface area (Å²) in [7, 11) is 0. The predicted molar refractivity (Wildman–Crippen MR) is 115 cm³/mol. The Hall–Kier alpha value is -2.98. The van der Waals surface area contributed by atoms with Crippen molar-refractivity contribution in [3.05, 3.63) is 107 Å². The Bertz CT molecular complexity index is 981. The number of halogens is 1. The average Bonchev–Trinajstić information content (AvgIpc) is 2.73. The van der Waals surface area contributed by atoms with Gasteiger partial charge in [-0.15, -0.1) is 0 Å². The molecule has 154 valence electrons. The van der Waals surface area contributed by atoms with Crippen LogP contribution in [-0.4, -0.2) is 5.91 Å². The van der Waals surface area contributed by atoms with Gasteiger partial charge in [-0.05, 0) is 47.2 Å². The van der Waals surface area contributed by atoms with Gasteiger partial charge < -0.3 is 10.1 Å². The molecule has 0 heterocycles. The van der Waals surface area contributed by atoms with E-state index in [1.807, 2.05) is 60.7 Å². The van der Waals surface area contributed by atoms with Gasteiger partial charge in [0.1, 0.15) is 5.82 Å². The molecule has 1 N–H and O–H groups in total. The van der Waals surface area contributed by atoms with E-state index in [2.05, 4.69) is 5.32 Å². The van der Waals surface area contributed by atoms with Crippen molar-refractivity contribution in [2.45, 2.75) is 44.4 Å². The van der Waals surface area contributed by atoms with Crippen molar-refractivity contribution in [1.29, 1.82) is 0 Å². The summed E-state index contributed by atoms with van der Waals surface area (Å²) < 4.78 is 19.4. The Morgan fingerprint density at radius 3 is 2.17 bits per heavy atom. The second-order valence-electron chi connectivity index (χ2n) is 7.92. The molecule has 0 saturated heterocycles. The highest BCUT2D eigenvalue weighted by Gasteiger charge is 2.45. The number of benzene rings is 3. The van der Waals surface area contributed by atoms with Crippen LogP contribution in [0.4, 0.5) is 4.39 Å². The minimum absolute atomic E-state index is 0.0189. The van der Waals surface area contributed by atoms with Crippen molar-refractivity contribution in [2.75, 3.05) is 0 Å². The van der Waals surface area contributed by atoms with E-state index in [0.29, 0.717) is 19.8 Å². The number of carbonyl (C=O) groups is 1. The maximum absolute atomic E-state index is 13.7. The normalized spacial score (nSPS) is 14.7. The standard InChI is InChI=1S/C26H26FNO2/c27-24-9-4-8-23(16-24)26(14-5-15-26)25(29)28-17-20-10-12-22(13-11-20)19-30-18-21-6-2-1-3-7-21/h1-4,6-13,16H,5,14-15,17-19H2,(H,28,29). The molecule has 3 aromatic carbocycles. The van der Waals surface area contributed by atoms with E-state index in [9.17, 15) is 9.18 Å². The van der Waals surface area contributed by atoms with Gasteiger partial charge in [0, 0.05) is 6.54 Å². The number of rotatable bonds is 8. The highest BCUT2D eigenvalue weighted by Crippen LogP contribution is 2.44. The van der Waals surface area contributed by atoms with Crippen LogP contribution in [0.5, 0.6) is 0 Å². The molecule has 1 fully saturated rings. The van der Waals surface area contributed by atoms with E-state index in [0.717, 1.165) is 41.5 Å². The minimum atomic E-state index is -0.590. The first kappa shape index (κ1) is 20.3. The molecule has 1 aliphatic carbocycles. The fraction of sp³-hybridized carbons (Fsp3) is 0.269. The third kappa shape index (κ3) is 4.60. The molecule has 1 aliphatic rings. The summed E-state index contributed by atoms with van der Waals surface area (Å²) in [6.07, 6.45) is 2.52. The van der Waals surface area contributed by atoms with E-state index in [4.69, 9.17) is 4.74 Å². The molecule has 0 spiro atoms. The quantitative estimate of drug-likeness (QED) is 0.556. The maximum atomic E-state index is 13.7. The maximum Gasteiger partial charge on any atom is 0.230 e. The lowest BCUT2D eigenvalue weighted by molar-refractivity contribution is -0.130. The third-order valence-electron chi connectivity index (χ3n) is 5.88. The fourth-order valence-electron chi connectivity index (χ4n) is 3.93. The van der Waals surface area contributed by atoms with Gasteiger partial charge in [-0.1, -0.05) is 73.2 Å². The molecule has 30 heavy (non-hydrogen) atoms. The second kappa shape index (κ2) is 9.23. The zero-order chi connectivity index (χ0) is 20.8. The van der Waals surface area contributed by atoms with Crippen LogP contribution in [0.3, 0.4) is 0 Å². The van der Waals surface area contributed by atoms with Crippen molar-refractivity contribution < 1.29 is 13.9 Å². The second-order valence-corrected chi connectivity index (χ2v) is 7.92. The molecule has 0 aromatic heterocycles. The number of hydrogen-bond acceptors (Lipinski definition) is 2. The van der Waals surface area contributed by atoms with Crippen molar-refractivity contribution >= 4 is 5.91 Å². The third-order valence-corrected chi connectivity index (χ3v) is 5.88. The van der Waals surface area contributed by atoms with Crippen LogP contribution in [0, 0.1) is 5.82 Å². The predicted octanol–water partition coefficient (Wildman–Crippen LogP) is 5.28. The minimum Gasteiger partial charge on any atom is -0.372 e. The zero-order valence-electron chi connectivity index (χ0n) is 16.9. The first-order valence-electron chi connectivity index (χ1n) is 10.4. The molecule has 1 amide bonds. The van der Waals surface area contributed by atoms with Gasteiger partial charge in [0.2, 0.25) is 5.91 Å². The van der Waals surface area contributed by atoms with Crippen LogP contribution in [-0.2, 0) is 34.7 Å². The summed E-state index contributed by atoms with van der Waals surface area (Å²) >= 11 is 0. The Kier molecular flexibility index (Phi) is 6.24. The molecule has 4 heteroatoms. The van der Waals surface area contributed by atoms with Gasteiger partial charge in [0.15, 0.2) is 0 Å². The van der Waals surface area contributed by atoms with Crippen LogP contribution in [0.2, 0.25) is 0 Å². The lowest BCUT2D eigenvalue weighted by atomic mass is 9.64. The zero-order valence-corrected chi connectivity index (χ0v) is 16.9. The molecule has 1 saturated carbocycles.